The Balaban J connectivity index is 4.59. The fourth-order valence-electron chi connectivity index (χ4n) is 7.55. The number of aliphatic hydroxyl groups excluding tert-OH is 2. The number of amides is 1. The van der Waals surface area contributed by atoms with Crippen LogP contribution in [-0.4, -0.2) is 46.9 Å². The molecule has 0 fully saturated rings. The van der Waals surface area contributed by atoms with E-state index in [1.54, 1.807) is 0 Å². The van der Waals surface area contributed by atoms with Gasteiger partial charge in [0, 0.05) is 6.42 Å². The molecule has 3 unspecified atom stereocenters. The summed E-state index contributed by atoms with van der Waals surface area (Å²) in [5.41, 5.74) is 0. The first-order chi connectivity index (χ1) is 28.0. The van der Waals surface area contributed by atoms with Gasteiger partial charge in [0.1, 0.15) is 6.10 Å². The molecule has 0 aliphatic heterocycles. The van der Waals surface area contributed by atoms with Crippen LogP contribution in [0.5, 0.6) is 0 Å². The molecular formula is C51H95NO5. The Morgan fingerprint density at radius 1 is 0.526 bits per heavy atom. The number of nitrogens with one attached hydrogen (secondary N) is 1. The van der Waals surface area contributed by atoms with Gasteiger partial charge in [0.05, 0.1) is 25.2 Å². The van der Waals surface area contributed by atoms with E-state index < -0.39 is 18.2 Å². The predicted octanol–water partition coefficient (Wildman–Crippen LogP) is 14.5. The van der Waals surface area contributed by atoms with Crippen LogP contribution in [0.2, 0.25) is 0 Å². The zero-order valence-corrected chi connectivity index (χ0v) is 38.0. The molecule has 0 heterocycles. The molecule has 0 rings (SSSR count). The van der Waals surface area contributed by atoms with E-state index in [2.05, 4.69) is 62.5 Å². The minimum Gasteiger partial charge on any atom is -0.462 e. The number of hydrogen-bond acceptors (Lipinski definition) is 5. The van der Waals surface area contributed by atoms with Gasteiger partial charge in [-0.1, -0.05) is 231 Å². The van der Waals surface area contributed by atoms with Crippen LogP contribution in [0.25, 0.3) is 0 Å². The summed E-state index contributed by atoms with van der Waals surface area (Å²) < 4.78 is 5.92. The van der Waals surface area contributed by atoms with Crippen molar-refractivity contribution in [1.82, 2.24) is 5.32 Å². The standard InChI is InChI=1S/C51H95NO5/c1-4-7-10-13-16-19-22-24-26-29-32-35-38-41-44-51(56)57-47(42-39-36-33-30-28-25-23-20-17-14-11-8-5-2)45-50(55)52-48(46-53)49(54)43-40-37-34-31-27-21-18-15-12-9-6-3/h8,11,14,17,20,23,47-49,53-54H,4-7,9-10,12-13,15-16,18-19,21-22,24-46H2,1-3H3,(H,52,55)/b11-8+,17-14+,23-20+. The highest BCUT2D eigenvalue weighted by molar-refractivity contribution is 5.77. The number of aliphatic hydroxyl groups is 2. The highest BCUT2D eigenvalue weighted by Crippen LogP contribution is 2.18. The Labute approximate surface area is 353 Å². The molecule has 57 heavy (non-hydrogen) atoms. The average Bonchev–Trinajstić information content (AvgIpc) is 3.20. The maximum Gasteiger partial charge on any atom is 0.306 e. The van der Waals surface area contributed by atoms with Gasteiger partial charge in [-0.3, -0.25) is 9.59 Å². The highest BCUT2D eigenvalue weighted by Gasteiger charge is 2.24. The molecular weight excluding hydrogens is 707 g/mol. The second-order valence-electron chi connectivity index (χ2n) is 16.9. The van der Waals surface area contributed by atoms with Crippen LogP contribution < -0.4 is 5.32 Å². The summed E-state index contributed by atoms with van der Waals surface area (Å²) in [5, 5.41) is 23.7. The molecule has 6 nitrogen and oxygen atoms in total. The van der Waals surface area contributed by atoms with Crippen molar-refractivity contribution < 1.29 is 24.5 Å². The van der Waals surface area contributed by atoms with Crippen LogP contribution in [0.15, 0.2) is 36.5 Å². The normalized spacial score (nSPS) is 13.6. The molecule has 0 aliphatic carbocycles. The van der Waals surface area contributed by atoms with Crippen LogP contribution in [-0.2, 0) is 14.3 Å². The molecule has 0 radical (unpaired) electrons. The summed E-state index contributed by atoms with van der Waals surface area (Å²) in [6.07, 6.45) is 52.0. The smallest absolute Gasteiger partial charge is 0.306 e. The Kier molecular flexibility index (Phi) is 43.6. The SMILES string of the molecule is CC/C=C/C=C/C=C/CCCCCCCC(CC(=O)NC(CO)C(O)CCCCCCCCCCCCC)OC(=O)CCCCCCCCCCCCCCCC. The summed E-state index contributed by atoms with van der Waals surface area (Å²) in [7, 11) is 0. The Hall–Kier alpha value is -1.92. The molecule has 0 aromatic carbocycles. The largest absolute Gasteiger partial charge is 0.462 e. The van der Waals surface area contributed by atoms with Crippen molar-refractivity contribution in [2.45, 2.75) is 270 Å². The molecule has 6 heteroatoms. The summed E-state index contributed by atoms with van der Waals surface area (Å²) >= 11 is 0. The first-order valence-electron chi connectivity index (χ1n) is 24.7. The third-order valence-corrected chi connectivity index (χ3v) is 11.3. The molecule has 334 valence electrons. The summed E-state index contributed by atoms with van der Waals surface area (Å²) in [6.45, 7) is 6.35. The van der Waals surface area contributed by atoms with Crippen LogP contribution >= 0.6 is 0 Å². The number of unbranched alkanes of at least 4 members (excludes halogenated alkanes) is 28. The number of esters is 1. The van der Waals surface area contributed by atoms with E-state index in [1.165, 1.54) is 122 Å². The molecule has 0 saturated heterocycles. The minimum atomic E-state index is -0.789. The maximum absolute atomic E-state index is 13.2. The van der Waals surface area contributed by atoms with E-state index in [-0.39, 0.29) is 24.9 Å². The van der Waals surface area contributed by atoms with Crippen molar-refractivity contribution in [3.05, 3.63) is 36.5 Å². The van der Waals surface area contributed by atoms with Crippen molar-refractivity contribution in [2.24, 2.45) is 0 Å². The summed E-state index contributed by atoms with van der Waals surface area (Å²) in [5.74, 6) is -0.486. The van der Waals surface area contributed by atoms with Crippen molar-refractivity contribution in [3.63, 3.8) is 0 Å². The van der Waals surface area contributed by atoms with Crippen LogP contribution in [0.1, 0.15) is 252 Å². The Bertz CT molecular complexity index is 946. The third-order valence-electron chi connectivity index (χ3n) is 11.3. The van der Waals surface area contributed by atoms with Gasteiger partial charge in [-0.25, -0.2) is 0 Å². The summed E-state index contributed by atoms with van der Waals surface area (Å²) in [4.78, 5) is 26.1. The van der Waals surface area contributed by atoms with E-state index in [9.17, 15) is 19.8 Å². The second-order valence-corrected chi connectivity index (χ2v) is 16.9. The number of hydrogen-bond donors (Lipinski definition) is 3. The molecule has 3 atom stereocenters. The number of carbonyl (C=O) groups is 2. The lowest BCUT2D eigenvalue weighted by molar-refractivity contribution is -0.151. The van der Waals surface area contributed by atoms with E-state index in [1.807, 2.05) is 0 Å². The van der Waals surface area contributed by atoms with Crippen molar-refractivity contribution in [3.8, 4) is 0 Å². The highest BCUT2D eigenvalue weighted by atomic mass is 16.5. The van der Waals surface area contributed by atoms with Gasteiger partial charge < -0.3 is 20.3 Å². The molecule has 1 amide bonds. The molecule has 0 aliphatic rings. The van der Waals surface area contributed by atoms with E-state index >= 15 is 0 Å². The lowest BCUT2D eigenvalue weighted by atomic mass is 10.0. The first kappa shape index (κ1) is 55.1. The van der Waals surface area contributed by atoms with Crippen molar-refractivity contribution in [1.29, 1.82) is 0 Å². The molecule has 0 saturated carbocycles. The van der Waals surface area contributed by atoms with Gasteiger partial charge in [-0.15, -0.1) is 0 Å². The van der Waals surface area contributed by atoms with Crippen molar-refractivity contribution >= 4 is 11.9 Å². The fraction of sp³-hybridized carbons (Fsp3) is 0.843. The molecule has 3 N–H and O–H groups in total. The lowest BCUT2D eigenvalue weighted by Crippen LogP contribution is -2.46. The fourth-order valence-corrected chi connectivity index (χ4v) is 7.55. The van der Waals surface area contributed by atoms with Gasteiger partial charge in [-0.2, -0.15) is 0 Å². The molecule has 0 bridgehead atoms. The van der Waals surface area contributed by atoms with Gasteiger partial charge in [0.2, 0.25) is 5.91 Å². The monoisotopic (exact) mass is 802 g/mol. The molecule has 0 aromatic heterocycles. The zero-order valence-electron chi connectivity index (χ0n) is 38.0. The average molecular weight is 802 g/mol. The van der Waals surface area contributed by atoms with E-state index in [4.69, 9.17) is 4.74 Å². The first-order valence-corrected chi connectivity index (χ1v) is 24.7. The number of rotatable bonds is 44. The Morgan fingerprint density at radius 3 is 1.42 bits per heavy atom. The number of carbonyl (C=O) groups excluding carboxylic acids is 2. The van der Waals surface area contributed by atoms with Crippen molar-refractivity contribution in [2.75, 3.05) is 6.61 Å². The Morgan fingerprint density at radius 2 is 0.947 bits per heavy atom. The number of allylic oxidation sites excluding steroid dienone is 6. The van der Waals surface area contributed by atoms with Gasteiger partial charge in [0.25, 0.3) is 0 Å². The molecule has 0 aromatic rings. The van der Waals surface area contributed by atoms with E-state index in [0.717, 1.165) is 83.5 Å². The maximum atomic E-state index is 13.2. The second kappa shape index (κ2) is 45.2. The topological polar surface area (TPSA) is 95.9 Å². The van der Waals surface area contributed by atoms with Gasteiger partial charge in [-0.05, 0) is 44.9 Å². The predicted molar refractivity (Wildman–Crippen MR) is 246 cm³/mol. The van der Waals surface area contributed by atoms with Gasteiger partial charge in [0.15, 0.2) is 0 Å². The lowest BCUT2D eigenvalue weighted by Gasteiger charge is -2.24. The number of ether oxygens (including phenoxy) is 1. The third kappa shape index (κ3) is 40.6. The van der Waals surface area contributed by atoms with Crippen LogP contribution in [0, 0.1) is 0 Å². The minimum absolute atomic E-state index is 0.0674. The quantitative estimate of drug-likeness (QED) is 0.0324. The summed E-state index contributed by atoms with van der Waals surface area (Å²) in [6, 6.07) is -0.704. The van der Waals surface area contributed by atoms with E-state index in [0.29, 0.717) is 19.3 Å². The van der Waals surface area contributed by atoms with Crippen LogP contribution in [0.3, 0.4) is 0 Å². The molecule has 0 spiro atoms. The van der Waals surface area contributed by atoms with Crippen LogP contribution in [0.4, 0.5) is 0 Å². The van der Waals surface area contributed by atoms with Gasteiger partial charge >= 0.3 is 5.97 Å². The zero-order chi connectivity index (χ0) is 41.7.